The topological polar surface area (TPSA) is 71.3 Å². The van der Waals surface area contributed by atoms with Crippen LogP contribution in [0.15, 0.2) is 11.4 Å². The molecule has 0 aliphatic heterocycles. The number of nitrogens with zero attached hydrogens (tertiary/aromatic N) is 4. The van der Waals surface area contributed by atoms with E-state index >= 15 is 0 Å². The molecule has 52 valence electrons. The molecule has 1 N–H and O–H groups in total. The fraction of sp³-hybridized carbons (Fsp3) is 0.200. The number of aromatic nitrogens is 3. The molecule has 0 saturated heterocycles. The van der Waals surface area contributed by atoms with Crippen molar-refractivity contribution in [1.82, 2.24) is 15.2 Å². The lowest BCUT2D eigenvalue weighted by Crippen LogP contribution is -1.95. The smallest absolute Gasteiger partial charge is 0.148 e. The highest BCUT2D eigenvalue weighted by molar-refractivity contribution is 5.75. The van der Waals surface area contributed by atoms with E-state index in [1.165, 1.54) is 12.4 Å². The van der Waals surface area contributed by atoms with Crippen LogP contribution in [0.25, 0.3) is 0 Å². The van der Waals surface area contributed by atoms with E-state index in [1.807, 2.05) is 0 Å². The molecule has 5 nitrogen and oxygen atoms in total. The molecule has 0 bridgehead atoms. The van der Waals surface area contributed by atoms with E-state index in [0.29, 0.717) is 11.5 Å². The van der Waals surface area contributed by atoms with Crippen molar-refractivity contribution in [3.63, 3.8) is 0 Å². The summed E-state index contributed by atoms with van der Waals surface area (Å²) >= 11 is 0. The van der Waals surface area contributed by atoms with E-state index in [4.69, 9.17) is 5.21 Å². The van der Waals surface area contributed by atoms with E-state index in [-0.39, 0.29) is 0 Å². The maximum atomic E-state index is 8.09. The third kappa shape index (κ3) is 1.48. The van der Waals surface area contributed by atoms with Gasteiger partial charge in [-0.2, -0.15) is 5.10 Å². The molecule has 0 aromatic carbocycles. The third-order valence-electron chi connectivity index (χ3n) is 0.873. The van der Waals surface area contributed by atoms with Crippen LogP contribution in [0, 0.1) is 6.92 Å². The summed E-state index contributed by atoms with van der Waals surface area (Å²) < 4.78 is 0. The van der Waals surface area contributed by atoms with Gasteiger partial charge in [-0.15, -0.1) is 5.10 Å². The predicted octanol–water partition coefficient (Wildman–Crippen LogP) is -0.0119. The van der Waals surface area contributed by atoms with Crippen LogP contribution in [0.4, 0.5) is 0 Å². The Morgan fingerprint density at radius 3 is 3.10 bits per heavy atom. The van der Waals surface area contributed by atoms with E-state index in [0.717, 1.165) is 0 Å². The maximum Gasteiger partial charge on any atom is 0.148 e. The van der Waals surface area contributed by atoms with Crippen molar-refractivity contribution in [1.29, 1.82) is 0 Å². The molecule has 0 aliphatic rings. The summed E-state index contributed by atoms with van der Waals surface area (Å²) in [6.07, 6.45) is 2.61. The molecule has 0 spiro atoms. The summed E-state index contributed by atoms with van der Waals surface area (Å²) in [4.78, 5) is 3.88. The first-order valence-corrected chi connectivity index (χ1v) is 2.66. The van der Waals surface area contributed by atoms with Crippen molar-refractivity contribution in [3.8, 4) is 0 Å². The zero-order chi connectivity index (χ0) is 7.40. The molecule has 1 heterocycles. The van der Waals surface area contributed by atoms with E-state index in [9.17, 15) is 0 Å². The third-order valence-corrected chi connectivity index (χ3v) is 0.873. The van der Waals surface area contributed by atoms with Crippen LogP contribution in [-0.2, 0) is 0 Å². The average molecular weight is 138 g/mol. The Hall–Kier alpha value is -1.52. The normalized spacial score (nSPS) is 10.5. The lowest BCUT2D eigenvalue weighted by Gasteiger charge is -1.89. The molecule has 0 saturated carbocycles. The summed E-state index contributed by atoms with van der Waals surface area (Å²) in [5, 5.41) is 18.1. The zero-order valence-electron chi connectivity index (χ0n) is 5.39. The molecule has 0 unspecified atom stereocenters. The van der Waals surface area contributed by atoms with Crippen molar-refractivity contribution in [3.05, 3.63) is 17.7 Å². The van der Waals surface area contributed by atoms with Gasteiger partial charge in [-0.05, 0) is 6.92 Å². The second kappa shape index (κ2) is 2.86. The first-order valence-electron chi connectivity index (χ1n) is 2.66. The van der Waals surface area contributed by atoms with Crippen molar-refractivity contribution >= 4 is 6.21 Å². The molecule has 10 heavy (non-hydrogen) atoms. The summed E-state index contributed by atoms with van der Waals surface area (Å²) in [5.41, 5.74) is 0.495. The average Bonchev–Trinajstić information content (AvgIpc) is 1.88. The molecular weight excluding hydrogens is 132 g/mol. The highest BCUT2D eigenvalue weighted by Crippen LogP contribution is 1.85. The van der Waals surface area contributed by atoms with Crippen LogP contribution in [0.3, 0.4) is 0 Å². The summed E-state index contributed by atoms with van der Waals surface area (Å²) in [6.45, 7) is 1.71. The fourth-order valence-electron chi connectivity index (χ4n) is 0.531. The molecule has 5 heteroatoms. The van der Waals surface area contributed by atoms with Crippen LogP contribution in [0.5, 0.6) is 0 Å². The molecule has 0 amide bonds. The first-order chi connectivity index (χ1) is 4.83. The van der Waals surface area contributed by atoms with Crippen molar-refractivity contribution in [2.75, 3.05) is 0 Å². The van der Waals surface area contributed by atoms with Gasteiger partial charge in [-0.1, -0.05) is 5.16 Å². The lowest BCUT2D eigenvalue weighted by atomic mass is 10.5. The highest BCUT2D eigenvalue weighted by Gasteiger charge is 1.90. The van der Waals surface area contributed by atoms with Gasteiger partial charge < -0.3 is 5.21 Å². The fourth-order valence-corrected chi connectivity index (χ4v) is 0.531. The Morgan fingerprint density at radius 2 is 2.50 bits per heavy atom. The molecule has 1 aromatic heterocycles. The van der Waals surface area contributed by atoms with Crippen molar-refractivity contribution in [2.24, 2.45) is 5.16 Å². The Bertz CT molecular complexity index is 247. The Kier molecular flexibility index (Phi) is 1.89. The number of oxime groups is 1. The van der Waals surface area contributed by atoms with Crippen molar-refractivity contribution in [2.45, 2.75) is 6.92 Å². The molecular formula is C5H6N4O. The van der Waals surface area contributed by atoms with Crippen LogP contribution in [0.2, 0.25) is 0 Å². The van der Waals surface area contributed by atoms with Gasteiger partial charge in [-0.3, -0.25) is 0 Å². The van der Waals surface area contributed by atoms with Gasteiger partial charge in [0.15, 0.2) is 0 Å². The summed E-state index contributed by atoms with van der Waals surface area (Å²) in [6, 6.07) is 0. The van der Waals surface area contributed by atoms with Crippen LogP contribution in [0.1, 0.15) is 11.5 Å². The number of hydrogen-bond acceptors (Lipinski definition) is 5. The summed E-state index contributed by atoms with van der Waals surface area (Å²) in [7, 11) is 0. The molecule has 0 fully saturated rings. The molecule has 1 rings (SSSR count). The number of hydrogen-bond donors (Lipinski definition) is 1. The van der Waals surface area contributed by atoms with Crippen LogP contribution >= 0.6 is 0 Å². The minimum absolute atomic E-state index is 0.495. The second-order valence-corrected chi connectivity index (χ2v) is 1.67. The zero-order valence-corrected chi connectivity index (χ0v) is 5.39. The van der Waals surface area contributed by atoms with Gasteiger partial charge in [0.25, 0.3) is 0 Å². The summed E-state index contributed by atoms with van der Waals surface area (Å²) in [5.74, 6) is 0.553. The first kappa shape index (κ1) is 6.60. The van der Waals surface area contributed by atoms with Gasteiger partial charge in [0.2, 0.25) is 0 Å². The van der Waals surface area contributed by atoms with E-state index in [1.54, 1.807) is 6.92 Å². The second-order valence-electron chi connectivity index (χ2n) is 1.67. The molecule has 1 aromatic rings. The van der Waals surface area contributed by atoms with Crippen molar-refractivity contribution < 1.29 is 5.21 Å². The Morgan fingerprint density at radius 1 is 1.70 bits per heavy atom. The van der Waals surface area contributed by atoms with Gasteiger partial charge in [0.05, 0.1) is 12.4 Å². The Labute approximate surface area is 57.4 Å². The molecule has 0 radical (unpaired) electrons. The highest BCUT2D eigenvalue weighted by atomic mass is 16.4. The lowest BCUT2D eigenvalue weighted by molar-refractivity contribution is 0.321. The predicted molar refractivity (Wildman–Crippen MR) is 33.9 cm³/mol. The number of aryl methyl sites for hydroxylation is 1. The van der Waals surface area contributed by atoms with E-state index in [2.05, 4.69) is 20.3 Å². The number of rotatable bonds is 1. The minimum atomic E-state index is 0.495. The minimum Gasteiger partial charge on any atom is -0.411 e. The van der Waals surface area contributed by atoms with Gasteiger partial charge in [-0.25, -0.2) is 4.98 Å². The van der Waals surface area contributed by atoms with E-state index < -0.39 is 0 Å². The standard InChI is InChI=1S/C5H6N4O/c1-4-8-5(3-7-10)2-6-9-4/h2-3,10H,1H3/b7-3+. The monoisotopic (exact) mass is 138 g/mol. The SMILES string of the molecule is Cc1nncc(/C=N/O)n1. The Balaban J connectivity index is 2.95. The van der Waals surface area contributed by atoms with Gasteiger partial charge in [0, 0.05) is 0 Å². The maximum absolute atomic E-state index is 8.09. The quantitative estimate of drug-likeness (QED) is 0.336. The van der Waals surface area contributed by atoms with Gasteiger partial charge in [0.1, 0.15) is 11.5 Å². The van der Waals surface area contributed by atoms with Crippen LogP contribution < -0.4 is 0 Å². The molecule has 0 atom stereocenters. The largest absolute Gasteiger partial charge is 0.411 e. The molecule has 0 aliphatic carbocycles. The van der Waals surface area contributed by atoms with Crippen LogP contribution in [-0.4, -0.2) is 26.6 Å². The van der Waals surface area contributed by atoms with Gasteiger partial charge >= 0.3 is 0 Å².